The molecule has 7 nitrogen and oxygen atoms in total. The van der Waals surface area contributed by atoms with Gasteiger partial charge in [0.2, 0.25) is 5.91 Å². The third-order valence-corrected chi connectivity index (χ3v) is 3.52. The van der Waals surface area contributed by atoms with Gasteiger partial charge in [0.25, 0.3) is 5.91 Å². The van der Waals surface area contributed by atoms with Gasteiger partial charge in [0.05, 0.1) is 6.04 Å². The molecule has 7 N–H and O–H groups in total. The lowest BCUT2D eigenvalue weighted by Crippen LogP contribution is -2.51. The second-order valence-corrected chi connectivity index (χ2v) is 5.17. The van der Waals surface area contributed by atoms with Gasteiger partial charge in [0.15, 0.2) is 0 Å². The zero-order valence-electron chi connectivity index (χ0n) is 12.7. The molecule has 0 unspecified atom stereocenters. The Balaban J connectivity index is 4.42. The second-order valence-electron chi connectivity index (χ2n) is 4.95. The van der Waals surface area contributed by atoms with E-state index in [4.69, 9.17) is 11.5 Å². The number of carbonyl (C=O) groups excluding carboxylic acids is 2. The lowest BCUT2D eigenvalue weighted by atomic mass is 10.1. The van der Waals surface area contributed by atoms with Crippen molar-refractivity contribution >= 4 is 24.6 Å². The van der Waals surface area contributed by atoms with Gasteiger partial charge < -0.3 is 26.8 Å². The van der Waals surface area contributed by atoms with Crippen LogP contribution in [-0.2, 0) is 9.59 Å². The minimum Gasteiger partial charge on any atom is -0.343 e. The van der Waals surface area contributed by atoms with Gasteiger partial charge in [-0.2, -0.15) is 0 Å². The van der Waals surface area contributed by atoms with Crippen LogP contribution in [-0.4, -0.2) is 44.0 Å². The van der Waals surface area contributed by atoms with Crippen molar-refractivity contribution in [2.24, 2.45) is 11.5 Å². The summed E-state index contributed by atoms with van der Waals surface area (Å²) in [7, 11) is 1.73. The number of unbranched alkanes of at least 4 members (excludes halogenated alkanes) is 2. The molecule has 8 heteroatoms. The maximum atomic E-state index is 12.2. The van der Waals surface area contributed by atoms with E-state index in [9.17, 15) is 9.59 Å². The monoisotopic (exact) mass is 319 g/mol. The minimum atomic E-state index is -0.577. The number of nitrogens with two attached hydrogens (primary N) is 2. The van der Waals surface area contributed by atoms with E-state index in [1.165, 1.54) is 0 Å². The normalized spacial score (nSPS) is 13.5. The summed E-state index contributed by atoms with van der Waals surface area (Å²) in [5.41, 5.74) is 10.9. The van der Waals surface area contributed by atoms with E-state index in [2.05, 4.69) is 28.2 Å². The Morgan fingerprint density at radius 2 is 1.48 bits per heavy atom. The SMILES string of the molecule is CN[C@@H](CCCCN)C(=O)N[C@H](CCCCN)C(=O)NS. The second kappa shape index (κ2) is 12.9. The Morgan fingerprint density at radius 1 is 0.952 bits per heavy atom. The maximum Gasteiger partial charge on any atom is 0.252 e. The van der Waals surface area contributed by atoms with Crippen LogP contribution in [0.25, 0.3) is 0 Å². The predicted molar refractivity (Wildman–Crippen MR) is 87.7 cm³/mol. The molecule has 0 saturated heterocycles. The third kappa shape index (κ3) is 8.92. The van der Waals surface area contributed by atoms with Crippen LogP contribution in [0.4, 0.5) is 0 Å². The summed E-state index contributed by atoms with van der Waals surface area (Å²) in [5, 5.41) is 5.74. The zero-order chi connectivity index (χ0) is 16.1. The molecule has 124 valence electrons. The lowest BCUT2D eigenvalue weighted by molar-refractivity contribution is -0.129. The van der Waals surface area contributed by atoms with Crippen LogP contribution in [0.15, 0.2) is 0 Å². The molecular weight excluding hydrogens is 290 g/mol. The highest BCUT2D eigenvalue weighted by molar-refractivity contribution is 7.78. The Labute approximate surface area is 132 Å². The van der Waals surface area contributed by atoms with Gasteiger partial charge in [0.1, 0.15) is 6.04 Å². The number of carbonyl (C=O) groups is 2. The molecule has 0 aliphatic heterocycles. The molecule has 2 amide bonds. The third-order valence-electron chi connectivity index (χ3n) is 3.30. The highest BCUT2D eigenvalue weighted by Crippen LogP contribution is 2.05. The molecule has 0 aliphatic rings. The standard InChI is InChI=1S/C13H29N5O2S/c1-16-10(6-2-4-8-14)12(19)17-11(13(20)18-21)7-3-5-9-15/h10-11,16,21H,2-9,14-15H2,1H3,(H,17,19)(H,18,20)/t10-,11+/m0/s1. The molecule has 0 aromatic carbocycles. The molecule has 0 saturated carbocycles. The van der Waals surface area contributed by atoms with Crippen LogP contribution in [0.5, 0.6) is 0 Å². The topological polar surface area (TPSA) is 122 Å². The summed E-state index contributed by atoms with van der Waals surface area (Å²) in [4.78, 5) is 23.9. The first-order valence-corrected chi connectivity index (χ1v) is 7.87. The van der Waals surface area contributed by atoms with Gasteiger partial charge in [-0.25, -0.2) is 0 Å². The fraction of sp³-hybridized carbons (Fsp3) is 0.846. The molecular formula is C13H29N5O2S. The first-order valence-electron chi connectivity index (χ1n) is 7.42. The molecule has 0 aromatic rings. The molecule has 0 radical (unpaired) electrons. The van der Waals surface area contributed by atoms with Crippen LogP contribution < -0.4 is 26.8 Å². The Bertz CT molecular complexity index is 304. The van der Waals surface area contributed by atoms with Crippen molar-refractivity contribution in [2.75, 3.05) is 20.1 Å². The molecule has 0 aromatic heterocycles. The minimum absolute atomic E-state index is 0.177. The van der Waals surface area contributed by atoms with Crippen LogP contribution in [0, 0.1) is 0 Å². The fourth-order valence-corrected chi connectivity index (χ4v) is 2.17. The van der Waals surface area contributed by atoms with E-state index >= 15 is 0 Å². The van der Waals surface area contributed by atoms with Crippen molar-refractivity contribution in [2.45, 2.75) is 50.6 Å². The van der Waals surface area contributed by atoms with Crippen LogP contribution in [0.2, 0.25) is 0 Å². The quantitative estimate of drug-likeness (QED) is 0.209. The van der Waals surface area contributed by atoms with E-state index < -0.39 is 6.04 Å². The molecule has 2 atom stereocenters. The zero-order valence-corrected chi connectivity index (χ0v) is 13.6. The molecule has 21 heavy (non-hydrogen) atoms. The maximum absolute atomic E-state index is 12.2. The smallest absolute Gasteiger partial charge is 0.252 e. The van der Waals surface area contributed by atoms with Crippen molar-refractivity contribution in [3.8, 4) is 0 Å². The van der Waals surface area contributed by atoms with E-state index in [1.54, 1.807) is 7.05 Å². The van der Waals surface area contributed by atoms with Crippen LogP contribution in [0.3, 0.4) is 0 Å². The highest BCUT2D eigenvalue weighted by atomic mass is 32.1. The molecule has 0 rings (SSSR count). The van der Waals surface area contributed by atoms with Crippen molar-refractivity contribution in [3.05, 3.63) is 0 Å². The first kappa shape index (κ1) is 20.2. The lowest BCUT2D eigenvalue weighted by Gasteiger charge is -2.21. The average molecular weight is 319 g/mol. The predicted octanol–water partition coefficient (Wildman–Crippen LogP) is -0.722. The van der Waals surface area contributed by atoms with E-state index in [-0.39, 0.29) is 17.9 Å². The summed E-state index contributed by atoms with van der Waals surface area (Å²) in [6, 6.07) is -0.895. The number of rotatable bonds is 12. The van der Waals surface area contributed by atoms with Crippen molar-refractivity contribution in [1.29, 1.82) is 0 Å². The number of amides is 2. The fourth-order valence-electron chi connectivity index (χ4n) is 2.01. The summed E-state index contributed by atoms with van der Waals surface area (Å²) in [6.07, 6.45) is 4.58. The van der Waals surface area contributed by atoms with Crippen molar-refractivity contribution < 1.29 is 9.59 Å². The molecule has 0 aliphatic carbocycles. The average Bonchev–Trinajstić information content (AvgIpc) is 2.49. The summed E-state index contributed by atoms with van der Waals surface area (Å²) >= 11 is 3.76. The Morgan fingerprint density at radius 3 is 1.90 bits per heavy atom. The van der Waals surface area contributed by atoms with Crippen LogP contribution >= 0.6 is 12.8 Å². The van der Waals surface area contributed by atoms with Gasteiger partial charge in [0, 0.05) is 0 Å². The summed E-state index contributed by atoms with van der Waals surface area (Å²) in [5.74, 6) is -0.482. The molecule has 0 heterocycles. The van der Waals surface area contributed by atoms with Gasteiger partial charge in [-0.1, -0.05) is 19.2 Å². The van der Waals surface area contributed by atoms with E-state index in [1.807, 2.05) is 0 Å². The van der Waals surface area contributed by atoms with Gasteiger partial charge in [-0.15, -0.1) is 0 Å². The van der Waals surface area contributed by atoms with Crippen molar-refractivity contribution in [1.82, 2.24) is 15.4 Å². The summed E-state index contributed by atoms with van der Waals surface area (Å²) in [6.45, 7) is 1.18. The number of hydrogen-bond acceptors (Lipinski definition) is 6. The van der Waals surface area contributed by atoms with Gasteiger partial charge in [-0.05, 0) is 52.2 Å². The number of hydrogen-bond donors (Lipinski definition) is 6. The molecule has 0 fully saturated rings. The largest absolute Gasteiger partial charge is 0.343 e. The first-order chi connectivity index (χ1) is 10.1. The van der Waals surface area contributed by atoms with E-state index in [0.29, 0.717) is 25.9 Å². The van der Waals surface area contributed by atoms with Gasteiger partial charge in [-0.3, -0.25) is 9.59 Å². The number of thiol groups is 1. The van der Waals surface area contributed by atoms with E-state index in [0.717, 1.165) is 25.7 Å². The molecule has 0 spiro atoms. The number of nitrogens with one attached hydrogen (secondary N) is 3. The molecule has 0 bridgehead atoms. The van der Waals surface area contributed by atoms with Crippen LogP contribution in [0.1, 0.15) is 38.5 Å². The number of likely N-dealkylation sites (N-methyl/N-ethyl adjacent to an activating group) is 1. The van der Waals surface area contributed by atoms with Crippen molar-refractivity contribution in [3.63, 3.8) is 0 Å². The summed E-state index contributed by atoms with van der Waals surface area (Å²) < 4.78 is 2.28. The van der Waals surface area contributed by atoms with Gasteiger partial charge >= 0.3 is 0 Å². The Kier molecular flexibility index (Phi) is 12.4. The highest BCUT2D eigenvalue weighted by Gasteiger charge is 2.23. The Hall–Kier alpha value is -0.830.